The van der Waals surface area contributed by atoms with E-state index < -0.39 is 11.6 Å². The molecule has 5 nitrogen and oxygen atoms in total. The summed E-state index contributed by atoms with van der Waals surface area (Å²) in [5.74, 6) is -0.555. The Balaban J connectivity index is 2.50. The van der Waals surface area contributed by atoms with E-state index in [9.17, 15) is 14.7 Å². The van der Waals surface area contributed by atoms with Crippen molar-refractivity contribution >= 4 is 16.9 Å². The first-order chi connectivity index (χ1) is 9.52. The summed E-state index contributed by atoms with van der Waals surface area (Å²) in [4.78, 5) is 22.4. The quantitative estimate of drug-likeness (QED) is 0.765. The lowest BCUT2D eigenvalue weighted by molar-refractivity contribution is -0.305. The SMILES string of the molecule is CCOc1ccc2c(C)c(CCC(=O)[O-])c(=O)oc2c1. The van der Waals surface area contributed by atoms with Gasteiger partial charge in [0.05, 0.1) is 6.61 Å². The molecule has 0 saturated heterocycles. The first-order valence-corrected chi connectivity index (χ1v) is 6.42. The molecule has 0 unspecified atom stereocenters. The van der Waals surface area contributed by atoms with Gasteiger partial charge in [-0.25, -0.2) is 4.79 Å². The summed E-state index contributed by atoms with van der Waals surface area (Å²) in [6.07, 6.45) is -0.0895. The van der Waals surface area contributed by atoms with Crippen LogP contribution in [0.15, 0.2) is 27.4 Å². The zero-order chi connectivity index (χ0) is 14.7. The number of rotatable bonds is 5. The second-order valence-corrected chi connectivity index (χ2v) is 4.46. The summed E-state index contributed by atoms with van der Waals surface area (Å²) < 4.78 is 10.6. The first kappa shape index (κ1) is 14.1. The number of fused-ring (bicyclic) bond motifs is 1. The van der Waals surface area contributed by atoms with E-state index in [4.69, 9.17) is 9.15 Å². The summed E-state index contributed by atoms with van der Waals surface area (Å²) in [6.45, 7) is 4.18. The molecule has 0 saturated carbocycles. The van der Waals surface area contributed by atoms with Crippen LogP contribution in [0.25, 0.3) is 11.0 Å². The topological polar surface area (TPSA) is 79.6 Å². The molecule has 106 valence electrons. The van der Waals surface area contributed by atoms with Crippen molar-refractivity contribution in [3.8, 4) is 5.75 Å². The van der Waals surface area contributed by atoms with Gasteiger partial charge in [0, 0.05) is 23.0 Å². The molecule has 1 heterocycles. The summed E-state index contributed by atoms with van der Waals surface area (Å²) in [5.41, 5.74) is 1.05. The molecule has 0 bridgehead atoms. The number of hydrogen-bond acceptors (Lipinski definition) is 5. The Morgan fingerprint density at radius 3 is 2.80 bits per heavy atom. The van der Waals surface area contributed by atoms with E-state index >= 15 is 0 Å². The Kier molecular flexibility index (Phi) is 4.08. The zero-order valence-corrected chi connectivity index (χ0v) is 11.4. The van der Waals surface area contributed by atoms with E-state index in [2.05, 4.69) is 0 Å². The van der Waals surface area contributed by atoms with Crippen molar-refractivity contribution in [3.05, 3.63) is 39.7 Å². The smallest absolute Gasteiger partial charge is 0.339 e. The molecule has 0 aliphatic heterocycles. The van der Waals surface area contributed by atoms with Gasteiger partial charge in [0.15, 0.2) is 0 Å². The Labute approximate surface area is 115 Å². The predicted octanol–water partition coefficient (Wildman–Crippen LogP) is 1.18. The molecule has 0 aliphatic carbocycles. The van der Waals surface area contributed by atoms with Gasteiger partial charge in [0.25, 0.3) is 0 Å². The van der Waals surface area contributed by atoms with E-state index in [1.54, 1.807) is 25.1 Å². The molecule has 0 radical (unpaired) electrons. The summed E-state index contributed by atoms with van der Waals surface area (Å²) >= 11 is 0. The maximum absolute atomic E-state index is 11.9. The van der Waals surface area contributed by atoms with E-state index in [1.165, 1.54) is 0 Å². The normalized spacial score (nSPS) is 10.7. The molecule has 0 amide bonds. The number of aryl methyl sites for hydroxylation is 1. The largest absolute Gasteiger partial charge is 0.550 e. The van der Waals surface area contributed by atoms with Crippen LogP contribution >= 0.6 is 0 Å². The third kappa shape index (κ3) is 2.82. The van der Waals surface area contributed by atoms with Gasteiger partial charge in [0.2, 0.25) is 0 Å². The van der Waals surface area contributed by atoms with Crippen LogP contribution in [-0.4, -0.2) is 12.6 Å². The Bertz CT molecular complexity index is 699. The van der Waals surface area contributed by atoms with Crippen molar-refractivity contribution in [2.45, 2.75) is 26.7 Å². The van der Waals surface area contributed by atoms with Gasteiger partial charge in [-0.2, -0.15) is 0 Å². The third-order valence-electron chi connectivity index (χ3n) is 3.15. The number of carboxylic acids is 1. The van der Waals surface area contributed by atoms with Crippen LogP contribution in [0.2, 0.25) is 0 Å². The van der Waals surface area contributed by atoms with Crippen molar-refractivity contribution in [1.29, 1.82) is 0 Å². The molecule has 0 aliphatic rings. The Hall–Kier alpha value is -2.30. The summed E-state index contributed by atoms with van der Waals surface area (Å²) in [6, 6.07) is 5.26. The van der Waals surface area contributed by atoms with Crippen LogP contribution in [0.3, 0.4) is 0 Å². The van der Waals surface area contributed by atoms with E-state index in [0.29, 0.717) is 23.5 Å². The molecule has 0 atom stereocenters. The fourth-order valence-electron chi connectivity index (χ4n) is 2.15. The lowest BCUT2D eigenvalue weighted by atomic mass is 10.0. The van der Waals surface area contributed by atoms with Crippen LogP contribution in [0.5, 0.6) is 5.75 Å². The molecule has 20 heavy (non-hydrogen) atoms. The number of carbonyl (C=O) groups excluding carboxylic acids is 1. The lowest BCUT2D eigenvalue weighted by Gasteiger charge is -2.09. The van der Waals surface area contributed by atoms with Crippen molar-refractivity contribution in [2.24, 2.45) is 0 Å². The number of ether oxygens (including phenoxy) is 1. The van der Waals surface area contributed by atoms with Gasteiger partial charge in [-0.15, -0.1) is 0 Å². The van der Waals surface area contributed by atoms with Gasteiger partial charge < -0.3 is 19.1 Å². The van der Waals surface area contributed by atoms with Crippen molar-refractivity contribution < 1.29 is 19.1 Å². The molecular weight excluding hydrogens is 260 g/mol. The molecule has 2 aromatic rings. The monoisotopic (exact) mass is 275 g/mol. The molecule has 5 heteroatoms. The van der Waals surface area contributed by atoms with E-state index in [1.807, 2.05) is 6.92 Å². The van der Waals surface area contributed by atoms with Crippen molar-refractivity contribution in [1.82, 2.24) is 0 Å². The molecule has 0 fully saturated rings. The summed E-state index contributed by atoms with van der Waals surface area (Å²) in [5, 5.41) is 11.3. The van der Waals surface area contributed by atoms with Crippen LogP contribution in [0, 0.1) is 6.92 Å². The average molecular weight is 275 g/mol. The molecule has 1 aromatic carbocycles. The molecule has 1 aromatic heterocycles. The Morgan fingerprint density at radius 1 is 1.40 bits per heavy atom. The maximum Gasteiger partial charge on any atom is 0.339 e. The van der Waals surface area contributed by atoms with Gasteiger partial charge in [0.1, 0.15) is 11.3 Å². The third-order valence-corrected chi connectivity index (χ3v) is 3.15. The summed E-state index contributed by atoms with van der Waals surface area (Å²) in [7, 11) is 0. The van der Waals surface area contributed by atoms with E-state index in [-0.39, 0.29) is 12.8 Å². The highest BCUT2D eigenvalue weighted by molar-refractivity contribution is 5.82. The predicted molar refractivity (Wildman–Crippen MR) is 71.7 cm³/mol. The second kappa shape index (κ2) is 5.77. The molecular formula is C15H15O5-. The average Bonchev–Trinajstić information content (AvgIpc) is 2.38. The molecule has 0 spiro atoms. The van der Waals surface area contributed by atoms with Crippen LogP contribution in [-0.2, 0) is 11.2 Å². The van der Waals surface area contributed by atoms with E-state index in [0.717, 1.165) is 10.9 Å². The number of benzene rings is 1. The lowest BCUT2D eigenvalue weighted by Crippen LogP contribution is -2.24. The number of hydrogen-bond donors (Lipinski definition) is 0. The Morgan fingerprint density at radius 2 is 2.15 bits per heavy atom. The van der Waals surface area contributed by atoms with Crippen molar-refractivity contribution in [3.63, 3.8) is 0 Å². The van der Waals surface area contributed by atoms with Crippen LogP contribution < -0.4 is 15.5 Å². The fraction of sp³-hybridized carbons (Fsp3) is 0.333. The van der Waals surface area contributed by atoms with Crippen molar-refractivity contribution in [2.75, 3.05) is 6.61 Å². The van der Waals surface area contributed by atoms with Crippen LogP contribution in [0.4, 0.5) is 0 Å². The minimum absolute atomic E-state index is 0.111. The first-order valence-electron chi connectivity index (χ1n) is 6.42. The van der Waals surface area contributed by atoms with Gasteiger partial charge in [-0.1, -0.05) is 0 Å². The number of aliphatic carboxylic acids is 1. The van der Waals surface area contributed by atoms with Crippen LogP contribution in [0.1, 0.15) is 24.5 Å². The second-order valence-electron chi connectivity index (χ2n) is 4.46. The minimum atomic E-state index is -1.18. The standard InChI is InChI=1S/C15H16O5/c1-3-19-10-4-5-11-9(2)12(6-7-14(16)17)15(18)20-13(11)8-10/h4-5,8H,3,6-7H2,1-2H3,(H,16,17)/p-1. The number of carbonyl (C=O) groups is 1. The highest BCUT2D eigenvalue weighted by Crippen LogP contribution is 2.24. The van der Waals surface area contributed by atoms with Gasteiger partial charge in [-0.3, -0.25) is 0 Å². The maximum atomic E-state index is 11.9. The highest BCUT2D eigenvalue weighted by Gasteiger charge is 2.11. The highest BCUT2D eigenvalue weighted by atomic mass is 16.5. The zero-order valence-electron chi connectivity index (χ0n) is 11.4. The number of carboxylic acid groups (broad SMARTS) is 1. The molecule has 0 N–H and O–H groups in total. The van der Waals surface area contributed by atoms with Gasteiger partial charge in [-0.05, 0) is 44.4 Å². The molecule has 2 rings (SSSR count). The van der Waals surface area contributed by atoms with Gasteiger partial charge >= 0.3 is 5.63 Å². The fourth-order valence-corrected chi connectivity index (χ4v) is 2.15. The minimum Gasteiger partial charge on any atom is -0.550 e.